The summed E-state index contributed by atoms with van der Waals surface area (Å²) in [6, 6.07) is 11.1. The molecule has 0 saturated heterocycles. The van der Waals surface area contributed by atoms with Crippen LogP contribution in [0.2, 0.25) is 0 Å². The second-order valence-corrected chi connectivity index (χ2v) is 6.89. The van der Waals surface area contributed by atoms with Crippen molar-refractivity contribution in [3.63, 3.8) is 0 Å². The summed E-state index contributed by atoms with van der Waals surface area (Å²) in [6.07, 6.45) is 0. The van der Waals surface area contributed by atoms with Gasteiger partial charge in [-0.1, -0.05) is 12.1 Å². The topological polar surface area (TPSA) is 68.3 Å². The Morgan fingerprint density at radius 3 is 1.97 bits per heavy atom. The summed E-state index contributed by atoms with van der Waals surface area (Å²) in [4.78, 5) is 28.2. The lowest BCUT2D eigenvalue weighted by Gasteiger charge is -2.18. The maximum absolute atomic E-state index is 12.4. The molecule has 2 rings (SSSR count). The van der Waals surface area contributed by atoms with Gasteiger partial charge in [0.15, 0.2) is 6.61 Å². The first-order valence-corrected chi connectivity index (χ1v) is 9.16. The SMILES string of the molecule is COc1cc(C(=O)OCC(=O)N(C)Cc2ccc(N(C)C)cc2)cc(OC)c1C. The number of carbonyl (C=O) groups excluding carboxylic acids is 2. The fourth-order valence-corrected chi connectivity index (χ4v) is 2.79. The minimum atomic E-state index is -0.612. The van der Waals surface area contributed by atoms with Gasteiger partial charge in [0, 0.05) is 38.9 Å². The number of likely N-dealkylation sites (N-methyl/N-ethyl adjacent to an activating group) is 1. The van der Waals surface area contributed by atoms with Crippen molar-refractivity contribution in [2.75, 3.05) is 46.9 Å². The molecule has 0 aliphatic carbocycles. The van der Waals surface area contributed by atoms with E-state index in [2.05, 4.69) is 0 Å². The van der Waals surface area contributed by atoms with E-state index in [0.717, 1.165) is 16.8 Å². The highest BCUT2D eigenvalue weighted by molar-refractivity contribution is 5.92. The number of nitrogens with zero attached hydrogens (tertiary/aromatic N) is 2. The summed E-state index contributed by atoms with van der Waals surface area (Å²) in [6.45, 7) is 1.91. The lowest BCUT2D eigenvalue weighted by atomic mass is 10.1. The number of esters is 1. The van der Waals surface area contributed by atoms with E-state index in [1.54, 1.807) is 19.2 Å². The molecule has 0 N–H and O–H groups in total. The van der Waals surface area contributed by atoms with Gasteiger partial charge in [-0.3, -0.25) is 4.79 Å². The number of carbonyl (C=O) groups is 2. The largest absolute Gasteiger partial charge is 0.496 e. The van der Waals surface area contributed by atoms with Gasteiger partial charge >= 0.3 is 5.97 Å². The van der Waals surface area contributed by atoms with Gasteiger partial charge in [0.05, 0.1) is 19.8 Å². The highest BCUT2D eigenvalue weighted by Gasteiger charge is 2.17. The minimum Gasteiger partial charge on any atom is -0.496 e. The predicted molar refractivity (Wildman–Crippen MR) is 112 cm³/mol. The lowest BCUT2D eigenvalue weighted by Crippen LogP contribution is -2.30. The quantitative estimate of drug-likeness (QED) is 0.635. The Bertz CT molecular complexity index is 837. The van der Waals surface area contributed by atoms with Crippen LogP contribution in [0.1, 0.15) is 21.5 Å². The smallest absolute Gasteiger partial charge is 0.338 e. The van der Waals surface area contributed by atoms with Crippen LogP contribution < -0.4 is 14.4 Å². The predicted octanol–water partition coefficient (Wildman–Crippen LogP) is 2.89. The molecule has 2 aromatic carbocycles. The molecule has 0 aliphatic heterocycles. The molecule has 0 radical (unpaired) electrons. The van der Waals surface area contributed by atoms with Gasteiger partial charge in [0.1, 0.15) is 11.5 Å². The Hall–Kier alpha value is -3.22. The zero-order valence-electron chi connectivity index (χ0n) is 17.8. The second kappa shape index (κ2) is 9.82. The first-order valence-electron chi connectivity index (χ1n) is 9.16. The molecular formula is C22H28N2O5. The summed E-state index contributed by atoms with van der Waals surface area (Å²) < 4.78 is 15.7. The van der Waals surface area contributed by atoms with E-state index in [-0.39, 0.29) is 18.1 Å². The van der Waals surface area contributed by atoms with Crippen molar-refractivity contribution < 1.29 is 23.8 Å². The lowest BCUT2D eigenvalue weighted by molar-refractivity contribution is -0.133. The Morgan fingerprint density at radius 1 is 0.931 bits per heavy atom. The minimum absolute atomic E-state index is 0.263. The Morgan fingerprint density at radius 2 is 1.48 bits per heavy atom. The Balaban J connectivity index is 1.96. The van der Waals surface area contributed by atoms with Crippen LogP contribution in [0.3, 0.4) is 0 Å². The van der Waals surface area contributed by atoms with Crippen LogP contribution in [0, 0.1) is 6.92 Å². The maximum atomic E-state index is 12.4. The molecule has 2 aromatic rings. The van der Waals surface area contributed by atoms with Gasteiger partial charge in [0.2, 0.25) is 0 Å². The van der Waals surface area contributed by atoms with Gasteiger partial charge in [0.25, 0.3) is 5.91 Å². The number of anilines is 1. The average molecular weight is 400 g/mol. The van der Waals surface area contributed by atoms with Crippen LogP contribution in [0.4, 0.5) is 5.69 Å². The number of hydrogen-bond acceptors (Lipinski definition) is 6. The summed E-state index contributed by atoms with van der Waals surface area (Å²) >= 11 is 0. The van der Waals surface area contributed by atoms with Crippen molar-refractivity contribution in [3.05, 3.63) is 53.1 Å². The molecule has 0 unspecified atom stereocenters. The zero-order valence-corrected chi connectivity index (χ0v) is 17.8. The first-order chi connectivity index (χ1) is 13.8. The van der Waals surface area contributed by atoms with Crippen molar-refractivity contribution in [2.45, 2.75) is 13.5 Å². The molecule has 0 fully saturated rings. The monoisotopic (exact) mass is 400 g/mol. The number of amides is 1. The fraction of sp³-hybridized carbons (Fsp3) is 0.364. The molecule has 0 atom stereocenters. The summed E-state index contributed by atoms with van der Waals surface area (Å²) in [7, 11) is 8.64. The van der Waals surface area contributed by atoms with E-state index in [9.17, 15) is 9.59 Å². The molecule has 0 heterocycles. The standard InChI is InChI=1S/C22H28N2O5/c1-15-19(27-5)11-17(12-20(15)28-6)22(26)29-14-21(25)24(4)13-16-7-9-18(10-8-16)23(2)3/h7-12H,13-14H2,1-6H3. The van der Waals surface area contributed by atoms with Crippen molar-refractivity contribution in [2.24, 2.45) is 0 Å². The molecule has 0 saturated carbocycles. The molecular weight excluding hydrogens is 372 g/mol. The van der Waals surface area contributed by atoms with Gasteiger partial charge in [-0.15, -0.1) is 0 Å². The van der Waals surface area contributed by atoms with Crippen molar-refractivity contribution in [3.8, 4) is 11.5 Å². The van der Waals surface area contributed by atoms with Gasteiger partial charge < -0.3 is 24.0 Å². The summed E-state index contributed by atoms with van der Waals surface area (Å²) in [5.74, 6) is 0.126. The molecule has 0 aliphatic rings. The van der Waals surface area contributed by atoms with E-state index in [1.165, 1.54) is 19.1 Å². The third-order valence-corrected chi connectivity index (χ3v) is 4.61. The fourth-order valence-electron chi connectivity index (χ4n) is 2.79. The van der Waals surface area contributed by atoms with E-state index in [0.29, 0.717) is 18.0 Å². The van der Waals surface area contributed by atoms with Gasteiger partial charge in [-0.25, -0.2) is 4.79 Å². The molecule has 7 nitrogen and oxygen atoms in total. The molecule has 1 amide bonds. The zero-order chi connectivity index (χ0) is 21.6. The van der Waals surface area contributed by atoms with E-state index in [1.807, 2.05) is 50.2 Å². The molecule has 29 heavy (non-hydrogen) atoms. The van der Waals surface area contributed by atoms with Crippen molar-refractivity contribution in [1.29, 1.82) is 0 Å². The van der Waals surface area contributed by atoms with Gasteiger partial charge in [-0.05, 0) is 36.8 Å². The molecule has 0 bridgehead atoms. The van der Waals surface area contributed by atoms with Crippen molar-refractivity contribution in [1.82, 2.24) is 4.90 Å². The highest BCUT2D eigenvalue weighted by atomic mass is 16.5. The van der Waals surface area contributed by atoms with Crippen molar-refractivity contribution >= 4 is 17.6 Å². The third kappa shape index (κ3) is 5.63. The van der Waals surface area contributed by atoms with Crippen LogP contribution >= 0.6 is 0 Å². The molecule has 0 spiro atoms. The Kier molecular flexibility index (Phi) is 7.47. The van der Waals surface area contributed by atoms with Crippen LogP contribution in [-0.2, 0) is 16.1 Å². The molecule has 156 valence electrons. The molecule has 0 aromatic heterocycles. The average Bonchev–Trinajstić information content (AvgIpc) is 2.72. The van der Waals surface area contributed by atoms with Crippen LogP contribution in [-0.4, -0.2) is 58.7 Å². The maximum Gasteiger partial charge on any atom is 0.338 e. The van der Waals surface area contributed by atoms with E-state index >= 15 is 0 Å². The Labute approximate surface area is 171 Å². The molecule has 7 heteroatoms. The highest BCUT2D eigenvalue weighted by Crippen LogP contribution is 2.29. The summed E-state index contributed by atoms with van der Waals surface area (Å²) in [5, 5.41) is 0. The van der Waals surface area contributed by atoms with Crippen LogP contribution in [0.5, 0.6) is 11.5 Å². The number of ether oxygens (including phenoxy) is 3. The number of hydrogen-bond donors (Lipinski definition) is 0. The van der Waals surface area contributed by atoms with Crippen LogP contribution in [0.25, 0.3) is 0 Å². The van der Waals surface area contributed by atoms with E-state index < -0.39 is 5.97 Å². The van der Waals surface area contributed by atoms with Crippen LogP contribution in [0.15, 0.2) is 36.4 Å². The first kappa shape index (κ1) is 22.1. The number of benzene rings is 2. The van der Waals surface area contributed by atoms with E-state index in [4.69, 9.17) is 14.2 Å². The second-order valence-electron chi connectivity index (χ2n) is 6.89. The summed E-state index contributed by atoms with van der Waals surface area (Å²) in [5.41, 5.74) is 3.12. The third-order valence-electron chi connectivity index (χ3n) is 4.61. The van der Waals surface area contributed by atoms with Gasteiger partial charge in [-0.2, -0.15) is 0 Å². The normalized spacial score (nSPS) is 10.3. The number of rotatable bonds is 8. The number of methoxy groups -OCH3 is 2.